The number of nitrogens with zero attached hydrogens (tertiary/aromatic N) is 1. The number of rotatable bonds is 0. The number of likely N-dealkylation sites (N-methyl/N-ethyl adjacent to an activating group) is 1. The van der Waals surface area contributed by atoms with Crippen LogP contribution in [0, 0.1) is 5.41 Å². The maximum Gasteiger partial charge on any atom is 0.0370 e. The van der Waals surface area contributed by atoms with E-state index in [1.165, 1.54) is 5.57 Å². The van der Waals surface area contributed by atoms with Crippen LogP contribution >= 0.6 is 0 Å². The Kier molecular flexibility index (Phi) is 1.98. The Hall–Kier alpha value is -0.300. The van der Waals surface area contributed by atoms with Gasteiger partial charge in [0.1, 0.15) is 0 Å². The molecule has 1 heterocycles. The van der Waals surface area contributed by atoms with Crippen molar-refractivity contribution in [2.24, 2.45) is 5.41 Å². The van der Waals surface area contributed by atoms with Gasteiger partial charge in [-0.1, -0.05) is 26.0 Å². The fourth-order valence-electron chi connectivity index (χ4n) is 2.45. The highest BCUT2D eigenvalue weighted by molar-refractivity contribution is 5.33. The minimum Gasteiger partial charge on any atom is -0.292 e. The summed E-state index contributed by atoms with van der Waals surface area (Å²) in [6.45, 7) is 18.0. The van der Waals surface area contributed by atoms with Gasteiger partial charge in [0.15, 0.2) is 0 Å². The van der Waals surface area contributed by atoms with E-state index in [1.807, 2.05) is 0 Å². The van der Waals surface area contributed by atoms with E-state index in [4.69, 9.17) is 0 Å². The van der Waals surface area contributed by atoms with Gasteiger partial charge >= 0.3 is 0 Å². The summed E-state index contributed by atoms with van der Waals surface area (Å²) in [4.78, 5) is 2.43. The lowest BCUT2D eigenvalue weighted by Gasteiger charge is -2.40. The highest BCUT2D eigenvalue weighted by atomic mass is 15.3. The maximum absolute atomic E-state index is 4.26. The summed E-state index contributed by atoms with van der Waals surface area (Å²) in [7, 11) is 2.19. The average molecular weight is 181 g/mol. The van der Waals surface area contributed by atoms with Crippen LogP contribution in [0.4, 0.5) is 0 Å². The van der Waals surface area contributed by atoms with Gasteiger partial charge in [-0.15, -0.1) is 0 Å². The lowest BCUT2D eigenvalue weighted by atomic mass is 9.71. The first-order chi connectivity index (χ1) is 5.56. The number of hydrogen-bond acceptors (Lipinski definition) is 1. The normalized spacial score (nSPS) is 30.8. The molecule has 0 atom stereocenters. The minimum atomic E-state index is 0.118. The van der Waals surface area contributed by atoms with E-state index in [2.05, 4.69) is 60.1 Å². The topological polar surface area (TPSA) is 3.24 Å². The molecule has 0 unspecified atom stereocenters. The second-order valence-electron chi connectivity index (χ2n) is 5.78. The number of hydrogen-bond donors (Lipinski definition) is 0. The van der Waals surface area contributed by atoms with Gasteiger partial charge in [-0.05, 0) is 34.7 Å². The van der Waals surface area contributed by atoms with Crippen molar-refractivity contribution in [1.29, 1.82) is 0 Å². The molecule has 1 nitrogen and oxygen atoms in total. The van der Waals surface area contributed by atoms with Crippen molar-refractivity contribution < 1.29 is 0 Å². The first-order valence-electron chi connectivity index (χ1n) is 5.00. The lowest BCUT2D eigenvalue weighted by Crippen LogP contribution is -2.48. The van der Waals surface area contributed by atoms with E-state index in [9.17, 15) is 0 Å². The molecule has 1 aliphatic heterocycles. The molecule has 0 N–H and O–H groups in total. The molecular weight excluding hydrogens is 158 g/mol. The highest BCUT2D eigenvalue weighted by Crippen LogP contribution is 2.54. The quantitative estimate of drug-likeness (QED) is 0.519. The van der Waals surface area contributed by atoms with Gasteiger partial charge in [-0.3, -0.25) is 4.90 Å². The molecule has 1 fully saturated rings. The molecule has 13 heavy (non-hydrogen) atoms. The van der Waals surface area contributed by atoms with E-state index < -0.39 is 0 Å². The zero-order valence-corrected chi connectivity index (χ0v) is 10.2. The van der Waals surface area contributed by atoms with Crippen LogP contribution in [-0.4, -0.2) is 23.0 Å². The smallest absolute Gasteiger partial charge is 0.0370 e. The van der Waals surface area contributed by atoms with Gasteiger partial charge in [-0.2, -0.15) is 0 Å². The molecule has 1 saturated heterocycles. The van der Waals surface area contributed by atoms with Crippen molar-refractivity contribution in [3.05, 3.63) is 12.2 Å². The molecular formula is C12H23N. The van der Waals surface area contributed by atoms with Crippen LogP contribution in [0.25, 0.3) is 0 Å². The predicted molar refractivity (Wildman–Crippen MR) is 58.8 cm³/mol. The number of likely N-dealkylation sites (tertiary alicyclic amines) is 1. The van der Waals surface area contributed by atoms with E-state index in [-0.39, 0.29) is 16.5 Å². The minimum absolute atomic E-state index is 0.118. The van der Waals surface area contributed by atoms with Crippen molar-refractivity contribution in [3.8, 4) is 0 Å². The van der Waals surface area contributed by atoms with Gasteiger partial charge in [0.25, 0.3) is 0 Å². The van der Waals surface area contributed by atoms with E-state index in [0.29, 0.717) is 0 Å². The van der Waals surface area contributed by atoms with Crippen molar-refractivity contribution >= 4 is 0 Å². The first kappa shape index (κ1) is 10.8. The average Bonchev–Trinajstić information content (AvgIpc) is 2.05. The Morgan fingerprint density at radius 3 is 1.46 bits per heavy atom. The fraction of sp³-hybridized carbons (Fsp3) is 0.833. The van der Waals surface area contributed by atoms with Gasteiger partial charge in [0.05, 0.1) is 0 Å². The molecule has 0 saturated carbocycles. The van der Waals surface area contributed by atoms with Gasteiger partial charge in [-0.25, -0.2) is 0 Å². The first-order valence-corrected chi connectivity index (χ1v) is 5.00. The zero-order chi connectivity index (χ0) is 10.7. The molecule has 0 amide bonds. The molecule has 1 heteroatoms. The second-order valence-corrected chi connectivity index (χ2v) is 5.78. The predicted octanol–water partition coefficient (Wildman–Crippen LogP) is 3.07. The molecule has 0 aromatic rings. The molecule has 0 aromatic heterocycles. The highest BCUT2D eigenvalue weighted by Gasteiger charge is 2.56. The monoisotopic (exact) mass is 181 g/mol. The molecule has 76 valence electrons. The van der Waals surface area contributed by atoms with Gasteiger partial charge in [0.2, 0.25) is 0 Å². The summed E-state index contributed by atoms with van der Waals surface area (Å²) in [5.41, 5.74) is 1.83. The largest absolute Gasteiger partial charge is 0.292 e. The van der Waals surface area contributed by atoms with Crippen molar-refractivity contribution in [1.82, 2.24) is 4.90 Å². The Morgan fingerprint density at radius 1 is 1.00 bits per heavy atom. The molecule has 0 radical (unpaired) electrons. The standard InChI is InChI=1S/C12H23N/c1-9-10(2,3)12(6,7)13(8)11(9,4)5/h1H2,2-8H3. The maximum atomic E-state index is 4.26. The third-order valence-corrected chi connectivity index (χ3v) is 4.70. The Bertz CT molecular complexity index is 246. The van der Waals surface area contributed by atoms with Crippen LogP contribution in [0.2, 0.25) is 0 Å². The summed E-state index contributed by atoms with van der Waals surface area (Å²) < 4.78 is 0. The van der Waals surface area contributed by atoms with Crippen LogP contribution in [0.5, 0.6) is 0 Å². The van der Waals surface area contributed by atoms with E-state index >= 15 is 0 Å². The molecule has 0 bridgehead atoms. The summed E-state index contributed by atoms with van der Waals surface area (Å²) in [6.07, 6.45) is 0. The Labute approximate surface area is 82.8 Å². The lowest BCUT2D eigenvalue weighted by molar-refractivity contribution is 0.0756. The van der Waals surface area contributed by atoms with Crippen LogP contribution in [0.15, 0.2) is 12.2 Å². The molecule has 0 aliphatic carbocycles. The third kappa shape index (κ3) is 1.03. The molecule has 1 aliphatic rings. The Morgan fingerprint density at radius 2 is 1.38 bits per heavy atom. The van der Waals surface area contributed by atoms with E-state index in [0.717, 1.165) is 0 Å². The van der Waals surface area contributed by atoms with Crippen LogP contribution in [-0.2, 0) is 0 Å². The molecule has 0 aromatic carbocycles. The van der Waals surface area contributed by atoms with Crippen molar-refractivity contribution in [3.63, 3.8) is 0 Å². The SMILES string of the molecule is C=C1C(C)(C)N(C)C(C)(C)C1(C)C. The fourth-order valence-corrected chi connectivity index (χ4v) is 2.45. The summed E-state index contributed by atoms with van der Waals surface area (Å²) in [5, 5.41) is 0. The van der Waals surface area contributed by atoms with E-state index in [1.54, 1.807) is 0 Å². The third-order valence-electron chi connectivity index (χ3n) is 4.70. The van der Waals surface area contributed by atoms with Crippen molar-refractivity contribution in [2.75, 3.05) is 7.05 Å². The van der Waals surface area contributed by atoms with Crippen molar-refractivity contribution in [2.45, 2.75) is 52.6 Å². The van der Waals surface area contributed by atoms with Gasteiger partial charge in [0, 0.05) is 16.5 Å². The summed E-state index contributed by atoms with van der Waals surface area (Å²) >= 11 is 0. The van der Waals surface area contributed by atoms with Crippen LogP contribution in [0.3, 0.4) is 0 Å². The summed E-state index contributed by atoms with van der Waals surface area (Å²) in [5.74, 6) is 0. The van der Waals surface area contributed by atoms with Gasteiger partial charge < -0.3 is 0 Å². The van der Waals surface area contributed by atoms with Crippen LogP contribution in [0.1, 0.15) is 41.5 Å². The second kappa shape index (κ2) is 2.38. The molecule has 1 rings (SSSR count). The van der Waals surface area contributed by atoms with Crippen LogP contribution < -0.4 is 0 Å². The summed E-state index contributed by atoms with van der Waals surface area (Å²) in [6, 6.07) is 0. The zero-order valence-electron chi connectivity index (χ0n) is 10.2. The Balaban J connectivity index is 3.29. The molecule has 0 spiro atoms.